The topological polar surface area (TPSA) is 41.1 Å². The smallest absolute Gasteiger partial charge is 0.221 e. The molecule has 0 atom stereocenters. The summed E-state index contributed by atoms with van der Waals surface area (Å²) in [5.74, 6) is -0.260. The molecule has 0 aliphatic heterocycles. The summed E-state index contributed by atoms with van der Waals surface area (Å²) in [7, 11) is 0. The molecule has 0 unspecified atom stereocenters. The van der Waals surface area contributed by atoms with Crippen LogP contribution in [0.15, 0.2) is 54.6 Å². The Bertz CT molecular complexity index is 584. The number of aryl methyl sites for hydroxylation is 1. The third-order valence-electron chi connectivity index (χ3n) is 3.59. The van der Waals surface area contributed by atoms with Gasteiger partial charge >= 0.3 is 0 Å². The fraction of sp³-hybridized carbons (Fsp3) is 0.316. The molecule has 0 aromatic heterocycles. The summed E-state index contributed by atoms with van der Waals surface area (Å²) in [6.45, 7) is 2.01. The summed E-state index contributed by atoms with van der Waals surface area (Å²) in [4.78, 5) is 11.7. The molecule has 0 radical (unpaired) electrons. The van der Waals surface area contributed by atoms with E-state index in [1.807, 2.05) is 18.2 Å². The number of rotatable bonds is 9. The van der Waals surface area contributed by atoms with E-state index < -0.39 is 0 Å². The Labute approximate surface area is 136 Å². The molecule has 2 rings (SSSR count). The van der Waals surface area contributed by atoms with Crippen molar-refractivity contribution in [1.82, 2.24) is 10.6 Å². The van der Waals surface area contributed by atoms with Gasteiger partial charge in [-0.3, -0.25) is 4.79 Å². The Morgan fingerprint density at radius 1 is 0.913 bits per heavy atom. The van der Waals surface area contributed by atoms with Crippen molar-refractivity contribution in [2.75, 3.05) is 13.1 Å². The third-order valence-corrected chi connectivity index (χ3v) is 3.59. The highest BCUT2D eigenvalue weighted by Crippen LogP contribution is 2.02. The van der Waals surface area contributed by atoms with Gasteiger partial charge in [0.05, 0.1) is 0 Å². The second kappa shape index (κ2) is 9.74. The Balaban J connectivity index is 1.50. The molecule has 0 saturated carbocycles. The van der Waals surface area contributed by atoms with Gasteiger partial charge in [-0.05, 0) is 42.6 Å². The number of amides is 1. The first-order chi connectivity index (χ1) is 11.2. The minimum Gasteiger partial charge on any atom is -0.352 e. The average Bonchev–Trinajstić information content (AvgIpc) is 2.58. The van der Waals surface area contributed by atoms with E-state index in [1.165, 1.54) is 17.7 Å². The monoisotopic (exact) mass is 314 g/mol. The van der Waals surface area contributed by atoms with Crippen LogP contribution in [0.4, 0.5) is 4.39 Å². The van der Waals surface area contributed by atoms with Crippen LogP contribution in [-0.4, -0.2) is 19.0 Å². The number of carbonyl (C=O) groups excluding carboxylic acids is 1. The highest BCUT2D eigenvalue weighted by atomic mass is 19.1. The zero-order chi connectivity index (χ0) is 16.3. The molecule has 0 aliphatic rings. The van der Waals surface area contributed by atoms with Crippen LogP contribution < -0.4 is 10.6 Å². The molecule has 0 spiro atoms. The van der Waals surface area contributed by atoms with Gasteiger partial charge < -0.3 is 10.6 Å². The Kier molecular flexibility index (Phi) is 7.27. The average molecular weight is 314 g/mol. The lowest BCUT2D eigenvalue weighted by Crippen LogP contribution is -2.27. The van der Waals surface area contributed by atoms with Gasteiger partial charge in [0.1, 0.15) is 5.82 Å². The number of halogens is 1. The predicted octanol–water partition coefficient (Wildman–Crippen LogP) is 3.05. The number of hydrogen-bond donors (Lipinski definition) is 2. The van der Waals surface area contributed by atoms with Crippen LogP contribution in [0.3, 0.4) is 0 Å². The predicted molar refractivity (Wildman–Crippen MR) is 90.5 cm³/mol. The van der Waals surface area contributed by atoms with E-state index in [0.29, 0.717) is 19.5 Å². The lowest BCUT2D eigenvalue weighted by atomic mass is 10.1. The summed E-state index contributed by atoms with van der Waals surface area (Å²) >= 11 is 0. The molecular formula is C19H23FN2O. The van der Waals surface area contributed by atoms with Gasteiger partial charge in [0.2, 0.25) is 5.91 Å². The number of benzene rings is 2. The number of hydrogen-bond acceptors (Lipinski definition) is 2. The van der Waals surface area contributed by atoms with Gasteiger partial charge in [-0.25, -0.2) is 4.39 Å². The standard InChI is InChI=1S/C19H23FN2O/c20-18-10-8-17(9-11-18)15-22-19(23)12-14-21-13-4-7-16-5-2-1-3-6-16/h1-3,5-6,8-11,21H,4,7,12-15H2,(H,22,23). The summed E-state index contributed by atoms with van der Waals surface area (Å²) in [6, 6.07) is 16.5. The molecule has 0 saturated heterocycles. The van der Waals surface area contributed by atoms with E-state index in [4.69, 9.17) is 0 Å². The molecule has 4 heteroatoms. The maximum atomic E-state index is 12.8. The third kappa shape index (κ3) is 7.06. The van der Waals surface area contributed by atoms with E-state index in [9.17, 15) is 9.18 Å². The first-order valence-electron chi connectivity index (χ1n) is 8.00. The van der Waals surface area contributed by atoms with Crippen LogP contribution in [0.2, 0.25) is 0 Å². The summed E-state index contributed by atoms with van der Waals surface area (Å²) < 4.78 is 12.8. The maximum absolute atomic E-state index is 12.8. The van der Waals surface area contributed by atoms with E-state index in [1.54, 1.807) is 12.1 Å². The molecule has 2 N–H and O–H groups in total. The Morgan fingerprint density at radius 2 is 1.65 bits per heavy atom. The molecule has 0 fully saturated rings. The van der Waals surface area contributed by atoms with Crippen molar-refractivity contribution in [3.05, 3.63) is 71.5 Å². The first kappa shape index (κ1) is 17.2. The van der Waals surface area contributed by atoms with Crippen LogP contribution in [0.5, 0.6) is 0 Å². The second-order valence-corrected chi connectivity index (χ2v) is 5.49. The highest BCUT2D eigenvalue weighted by molar-refractivity contribution is 5.76. The SMILES string of the molecule is O=C(CCNCCCc1ccccc1)NCc1ccc(F)cc1. The maximum Gasteiger partial charge on any atom is 0.221 e. The fourth-order valence-corrected chi connectivity index (χ4v) is 2.28. The van der Waals surface area contributed by atoms with E-state index in [2.05, 4.69) is 22.8 Å². The van der Waals surface area contributed by atoms with Crippen molar-refractivity contribution in [2.24, 2.45) is 0 Å². The normalized spacial score (nSPS) is 10.5. The van der Waals surface area contributed by atoms with Crippen LogP contribution >= 0.6 is 0 Å². The van der Waals surface area contributed by atoms with E-state index >= 15 is 0 Å². The molecule has 1 amide bonds. The van der Waals surface area contributed by atoms with Gasteiger partial charge in [0, 0.05) is 19.5 Å². The van der Waals surface area contributed by atoms with Gasteiger partial charge in [-0.2, -0.15) is 0 Å². The second-order valence-electron chi connectivity index (χ2n) is 5.49. The Morgan fingerprint density at radius 3 is 2.39 bits per heavy atom. The van der Waals surface area contributed by atoms with Crippen molar-refractivity contribution in [3.63, 3.8) is 0 Å². The van der Waals surface area contributed by atoms with Crippen molar-refractivity contribution < 1.29 is 9.18 Å². The summed E-state index contributed by atoms with van der Waals surface area (Å²) in [6.07, 6.45) is 2.55. The number of nitrogens with one attached hydrogen (secondary N) is 2. The van der Waals surface area contributed by atoms with Gasteiger partial charge in [0.15, 0.2) is 0 Å². The minimum atomic E-state index is -0.264. The zero-order valence-corrected chi connectivity index (χ0v) is 13.2. The van der Waals surface area contributed by atoms with Crippen molar-refractivity contribution >= 4 is 5.91 Å². The zero-order valence-electron chi connectivity index (χ0n) is 13.2. The van der Waals surface area contributed by atoms with Gasteiger partial charge in [-0.1, -0.05) is 42.5 Å². The molecule has 23 heavy (non-hydrogen) atoms. The van der Waals surface area contributed by atoms with Crippen molar-refractivity contribution in [1.29, 1.82) is 0 Å². The highest BCUT2D eigenvalue weighted by Gasteiger charge is 2.01. The molecule has 2 aromatic rings. The van der Waals surface area contributed by atoms with Crippen LogP contribution in [-0.2, 0) is 17.8 Å². The van der Waals surface area contributed by atoms with E-state index in [0.717, 1.165) is 24.9 Å². The van der Waals surface area contributed by atoms with Crippen molar-refractivity contribution in [2.45, 2.75) is 25.8 Å². The molecule has 0 aliphatic carbocycles. The number of carbonyl (C=O) groups is 1. The van der Waals surface area contributed by atoms with Crippen molar-refractivity contribution in [3.8, 4) is 0 Å². The minimum absolute atomic E-state index is 0.00452. The van der Waals surface area contributed by atoms with E-state index in [-0.39, 0.29) is 11.7 Å². The van der Waals surface area contributed by atoms with Crippen LogP contribution in [0.25, 0.3) is 0 Å². The first-order valence-corrected chi connectivity index (χ1v) is 8.00. The molecule has 2 aromatic carbocycles. The Hall–Kier alpha value is -2.20. The fourth-order valence-electron chi connectivity index (χ4n) is 2.28. The lowest BCUT2D eigenvalue weighted by molar-refractivity contribution is -0.121. The quantitative estimate of drug-likeness (QED) is 0.699. The molecule has 122 valence electrons. The summed E-state index contributed by atoms with van der Waals surface area (Å²) in [5, 5.41) is 6.12. The van der Waals surface area contributed by atoms with Gasteiger partial charge in [-0.15, -0.1) is 0 Å². The summed E-state index contributed by atoms with van der Waals surface area (Å²) in [5.41, 5.74) is 2.24. The van der Waals surface area contributed by atoms with Crippen LogP contribution in [0, 0.1) is 5.82 Å². The van der Waals surface area contributed by atoms with Crippen LogP contribution in [0.1, 0.15) is 24.0 Å². The lowest BCUT2D eigenvalue weighted by Gasteiger charge is -2.07. The molecule has 0 heterocycles. The molecular weight excluding hydrogens is 291 g/mol. The molecule has 3 nitrogen and oxygen atoms in total. The largest absolute Gasteiger partial charge is 0.352 e. The molecule has 0 bridgehead atoms. The van der Waals surface area contributed by atoms with Gasteiger partial charge in [0.25, 0.3) is 0 Å².